The van der Waals surface area contributed by atoms with Crippen molar-refractivity contribution in [2.45, 2.75) is 13.5 Å². The highest BCUT2D eigenvalue weighted by Gasteiger charge is 2.07. The van der Waals surface area contributed by atoms with E-state index in [2.05, 4.69) is 9.89 Å². The monoisotopic (exact) mass is 247 g/mol. The first-order valence-electron chi connectivity index (χ1n) is 5.42. The minimum absolute atomic E-state index is 0.269. The number of esters is 1. The van der Waals surface area contributed by atoms with Gasteiger partial charge in [0.15, 0.2) is 5.76 Å². The van der Waals surface area contributed by atoms with Crippen LogP contribution in [0.25, 0.3) is 0 Å². The highest BCUT2D eigenvalue weighted by Crippen LogP contribution is 2.16. The second-order valence-electron chi connectivity index (χ2n) is 3.74. The summed E-state index contributed by atoms with van der Waals surface area (Å²) in [6.07, 6.45) is 0. The molecule has 0 aliphatic carbocycles. The molecule has 94 valence electrons. The summed E-state index contributed by atoms with van der Waals surface area (Å²) in [6, 6.07) is 8.57. The molecule has 2 rings (SSSR count). The van der Waals surface area contributed by atoms with Crippen molar-refractivity contribution < 1.29 is 18.8 Å². The van der Waals surface area contributed by atoms with Gasteiger partial charge in [-0.15, -0.1) is 0 Å². The van der Waals surface area contributed by atoms with Crippen molar-refractivity contribution in [1.29, 1.82) is 0 Å². The van der Waals surface area contributed by atoms with Crippen molar-refractivity contribution in [1.82, 2.24) is 5.16 Å². The normalized spacial score (nSPS) is 10.1. The van der Waals surface area contributed by atoms with Crippen molar-refractivity contribution >= 4 is 5.97 Å². The van der Waals surface area contributed by atoms with Crippen molar-refractivity contribution in [3.05, 3.63) is 47.3 Å². The van der Waals surface area contributed by atoms with E-state index < -0.39 is 5.97 Å². The molecule has 0 bridgehead atoms. The quantitative estimate of drug-likeness (QED) is 0.776. The van der Waals surface area contributed by atoms with Crippen molar-refractivity contribution in [3.63, 3.8) is 0 Å². The first-order valence-corrected chi connectivity index (χ1v) is 5.42. The van der Waals surface area contributed by atoms with Gasteiger partial charge >= 0.3 is 5.97 Å². The highest BCUT2D eigenvalue weighted by atomic mass is 16.5. The number of aromatic nitrogens is 1. The van der Waals surface area contributed by atoms with Gasteiger partial charge in [-0.05, 0) is 25.1 Å². The maximum atomic E-state index is 11.3. The molecule has 18 heavy (non-hydrogen) atoms. The Morgan fingerprint density at radius 1 is 1.39 bits per heavy atom. The Kier molecular flexibility index (Phi) is 3.62. The van der Waals surface area contributed by atoms with E-state index in [0.29, 0.717) is 17.1 Å². The SMILES string of the molecule is COC(=O)c1cccc(OCc2cc(C)no2)c1. The molecular weight excluding hydrogens is 234 g/mol. The lowest BCUT2D eigenvalue weighted by atomic mass is 10.2. The average Bonchev–Trinajstić information content (AvgIpc) is 2.81. The van der Waals surface area contributed by atoms with Crippen LogP contribution in [0.15, 0.2) is 34.9 Å². The number of hydrogen-bond donors (Lipinski definition) is 0. The third-order valence-corrected chi connectivity index (χ3v) is 2.31. The van der Waals surface area contributed by atoms with Crippen LogP contribution in [-0.2, 0) is 11.3 Å². The molecule has 1 heterocycles. The molecule has 5 nitrogen and oxygen atoms in total. The van der Waals surface area contributed by atoms with E-state index in [1.165, 1.54) is 7.11 Å². The standard InChI is InChI=1S/C13H13NO4/c1-9-6-12(18-14-9)8-17-11-5-3-4-10(7-11)13(15)16-2/h3-7H,8H2,1-2H3. The van der Waals surface area contributed by atoms with Gasteiger partial charge < -0.3 is 14.0 Å². The molecule has 5 heteroatoms. The van der Waals surface area contributed by atoms with E-state index in [-0.39, 0.29) is 6.61 Å². The Morgan fingerprint density at radius 3 is 2.89 bits per heavy atom. The Bertz CT molecular complexity index is 547. The van der Waals surface area contributed by atoms with E-state index in [1.54, 1.807) is 30.3 Å². The van der Waals surface area contributed by atoms with Gasteiger partial charge in [0.1, 0.15) is 12.4 Å². The van der Waals surface area contributed by atoms with Crippen LogP contribution < -0.4 is 4.74 Å². The number of methoxy groups -OCH3 is 1. The number of benzene rings is 1. The van der Waals surface area contributed by atoms with Crippen molar-refractivity contribution in [2.24, 2.45) is 0 Å². The van der Waals surface area contributed by atoms with Crippen LogP contribution in [0.5, 0.6) is 5.75 Å². The first-order chi connectivity index (χ1) is 8.69. The molecule has 0 spiro atoms. The van der Waals surface area contributed by atoms with Gasteiger partial charge in [-0.2, -0.15) is 0 Å². The Morgan fingerprint density at radius 2 is 2.22 bits per heavy atom. The summed E-state index contributed by atoms with van der Waals surface area (Å²) in [4.78, 5) is 11.3. The van der Waals surface area contributed by atoms with Gasteiger partial charge in [0.05, 0.1) is 18.4 Å². The van der Waals surface area contributed by atoms with Crippen molar-refractivity contribution in [3.8, 4) is 5.75 Å². The molecule has 0 amide bonds. The predicted octanol–water partition coefficient (Wildman–Crippen LogP) is 2.35. The molecular formula is C13H13NO4. The molecule has 2 aromatic rings. The molecule has 0 atom stereocenters. The van der Waals surface area contributed by atoms with Crippen LogP contribution in [0.2, 0.25) is 0 Å². The van der Waals surface area contributed by atoms with Gasteiger partial charge in [0.2, 0.25) is 0 Å². The molecule has 0 saturated heterocycles. The van der Waals surface area contributed by atoms with E-state index in [4.69, 9.17) is 9.26 Å². The molecule has 1 aromatic carbocycles. The van der Waals surface area contributed by atoms with Crippen LogP contribution in [0.3, 0.4) is 0 Å². The molecule has 0 unspecified atom stereocenters. The van der Waals surface area contributed by atoms with Gasteiger partial charge in [-0.25, -0.2) is 4.79 Å². The van der Waals surface area contributed by atoms with E-state index in [1.807, 2.05) is 6.92 Å². The highest BCUT2D eigenvalue weighted by molar-refractivity contribution is 5.89. The van der Waals surface area contributed by atoms with Crippen LogP contribution in [0, 0.1) is 6.92 Å². The lowest BCUT2D eigenvalue weighted by molar-refractivity contribution is 0.0600. The second kappa shape index (κ2) is 5.35. The largest absolute Gasteiger partial charge is 0.486 e. The second-order valence-corrected chi connectivity index (χ2v) is 3.74. The Balaban J connectivity index is 2.03. The zero-order valence-electron chi connectivity index (χ0n) is 10.2. The summed E-state index contributed by atoms with van der Waals surface area (Å²) in [5.74, 6) is 0.818. The summed E-state index contributed by atoms with van der Waals surface area (Å²) in [5, 5.41) is 3.76. The zero-order chi connectivity index (χ0) is 13.0. The van der Waals surface area contributed by atoms with E-state index >= 15 is 0 Å². The summed E-state index contributed by atoms with van der Waals surface area (Å²) in [7, 11) is 1.34. The number of carbonyl (C=O) groups is 1. The third-order valence-electron chi connectivity index (χ3n) is 2.31. The van der Waals surface area contributed by atoms with Crippen molar-refractivity contribution in [2.75, 3.05) is 7.11 Å². The van der Waals surface area contributed by atoms with E-state index in [9.17, 15) is 4.79 Å². The minimum Gasteiger partial charge on any atom is -0.486 e. The fraction of sp³-hybridized carbons (Fsp3) is 0.231. The van der Waals surface area contributed by atoms with Gasteiger partial charge in [-0.1, -0.05) is 11.2 Å². The number of carbonyl (C=O) groups excluding carboxylic acids is 1. The van der Waals surface area contributed by atoms with Crippen LogP contribution >= 0.6 is 0 Å². The molecule has 0 fully saturated rings. The lowest BCUT2D eigenvalue weighted by Crippen LogP contribution is -2.01. The summed E-state index contributed by atoms with van der Waals surface area (Å²) >= 11 is 0. The maximum absolute atomic E-state index is 11.3. The minimum atomic E-state index is -0.393. The topological polar surface area (TPSA) is 61.6 Å². The van der Waals surface area contributed by atoms with Crippen LogP contribution in [0.1, 0.15) is 21.8 Å². The molecule has 0 aliphatic heterocycles. The molecule has 0 aliphatic rings. The first kappa shape index (κ1) is 12.2. The predicted molar refractivity (Wildman–Crippen MR) is 63.4 cm³/mol. The molecule has 1 aromatic heterocycles. The summed E-state index contributed by atoms with van der Waals surface area (Å²) < 4.78 is 15.2. The Labute approximate surface area is 104 Å². The molecule has 0 N–H and O–H groups in total. The average molecular weight is 247 g/mol. The number of hydrogen-bond acceptors (Lipinski definition) is 5. The van der Waals surface area contributed by atoms with Crippen LogP contribution in [0.4, 0.5) is 0 Å². The smallest absolute Gasteiger partial charge is 0.337 e. The van der Waals surface area contributed by atoms with Gasteiger partial charge in [-0.3, -0.25) is 0 Å². The number of nitrogens with zero attached hydrogens (tertiary/aromatic N) is 1. The van der Waals surface area contributed by atoms with Gasteiger partial charge in [0.25, 0.3) is 0 Å². The Hall–Kier alpha value is -2.30. The third kappa shape index (κ3) is 2.88. The van der Waals surface area contributed by atoms with Crippen LogP contribution in [-0.4, -0.2) is 18.2 Å². The van der Waals surface area contributed by atoms with E-state index in [0.717, 1.165) is 5.69 Å². The summed E-state index contributed by atoms with van der Waals surface area (Å²) in [6.45, 7) is 2.11. The maximum Gasteiger partial charge on any atom is 0.337 e. The number of aryl methyl sites for hydroxylation is 1. The number of rotatable bonds is 4. The molecule has 0 radical (unpaired) electrons. The fourth-order valence-corrected chi connectivity index (χ4v) is 1.47. The number of ether oxygens (including phenoxy) is 2. The van der Waals surface area contributed by atoms with Gasteiger partial charge in [0, 0.05) is 6.07 Å². The lowest BCUT2D eigenvalue weighted by Gasteiger charge is -2.05. The fourth-order valence-electron chi connectivity index (χ4n) is 1.47. The molecule has 0 saturated carbocycles. The zero-order valence-corrected chi connectivity index (χ0v) is 10.2. The summed E-state index contributed by atoms with van der Waals surface area (Å²) in [5.41, 5.74) is 1.25.